The molecule has 5 heterocycles. The van der Waals surface area contributed by atoms with E-state index in [2.05, 4.69) is 20.6 Å². The molecule has 13 heteroatoms. The number of aliphatic carboxylic acids is 1. The number of amides is 1. The number of thiazole rings is 1. The number of nitrogens with zero attached hydrogens (tertiary/aromatic N) is 4. The molecule has 0 saturated carbocycles. The van der Waals surface area contributed by atoms with Gasteiger partial charge in [0.25, 0.3) is 0 Å². The first kappa shape index (κ1) is 20.9. The van der Waals surface area contributed by atoms with Gasteiger partial charge in [-0.05, 0) is 13.0 Å². The van der Waals surface area contributed by atoms with Crippen molar-refractivity contribution in [2.75, 3.05) is 23.3 Å². The van der Waals surface area contributed by atoms with Gasteiger partial charge >= 0.3 is 12.0 Å². The molecule has 3 N–H and O–H groups in total. The number of hydrogen-bond donors (Lipinski definition) is 3. The van der Waals surface area contributed by atoms with E-state index in [0.717, 1.165) is 6.08 Å². The second-order valence-corrected chi connectivity index (χ2v) is 8.48. The van der Waals surface area contributed by atoms with Crippen LogP contribution in [0.1, 0.15) is 5.76 Å². The summed E-state index contributed by atoms with van der Waals surface area (Å²) in [5.74, 6) is -2.94. The number of hydrogen-bond acceptors (Lipinski definition) is 10. The van der Waals surface area contributed by atoms with E-state index in [9.17, 15) is 23.9 Å². The van der Waals surface area contributed by atoms with Crippen molar-refractivity contribution in [1.29, 1.82) is 0 Å². The highest BCUT2D eigenvalue weighted by Gasteiger charge is 2.43. The smallest absolute Gasteiger partial charge is 0.341 e. The zero-order chi connectivity index (χ0) is 23.3. The number of rotatable bonds is 5. The van der Waals surface area contributed by atoms with E-state index in [1.165, 1.54) is 28.6 Å². The monoisotopic (exact) mass is 472 g/mol. The fourth-order valence-corrected chi connectivity index (χ4v) is 4.39. The van der Waals surface area contributed by atoms with Crippen LogP contribution >= 0.6 is 11.3 Å². The molecule has 1 atom stereocenters. The number of nitrogens with one attached hydrogen (secondary N) is 2. The predicted octanol–water partition coefficient (Wildman–Crippen LogP) is 1.36. The lowest BCUT2D eigenvalue weighted by molar-refractivity contribution is -0.134. The van der Waals surface area contributed by atoms with E-state index < -0.39 is 35.2 Å². The Kier molecular flexibility index (Phi) is 4.96. The summed E-state index contributed by atoms with van der Waals surface area (Å²) in [5, 5.41) is 17.1. The van der Waals surface area contributed by atoms with E-state index in [4.69, 9.17) is 4.42 Å². The van der Waals surface area contributed by atoms with Crippen LogP contribution in [0.25, 0.3) is 0 Å². The highest BCUT2D eigenvalue weighted by molar-refractivity contribution is 7.13. The Morgan fingerprint density at radius 1 is 1.36 bits per heavy atom. The van der Waals surface area contributed by atoms with Gasteiger partial charge in [0.05, 0.1) is 12.1 Å². The Morgan fingerprint density at radius 3 is 2.79 bits per heavy atom. The molecule has 1 fully saturated rings. The lowest BCUT2D eigenvalue weighted by Gasteiger charge is -2.45. The van der Waals surface area contributed by atoms with Gasteiger partial charge in [0.2, 0.25) is 11.7 Å². The molecule has 0 radical (unpaired) electrons. The van der Waals surface area contributed by atoms with Crippen molar-refractivity contribution >= 4 is 40.1 Å². The summed E-state index contributed by atoms with van der Waals surface area (Å²) in [6.45, 7) is 2.18. The topological polar surface area (TPSA) is 141 Å². The number of aryl methyl sites for hydroxylation is 1. The van der Waals surface area contributed by atoms with Crippen molar-refractivity contribution in [3.8, 4) is 0 Å². The van der Waals surface area contributed by atoms with Gasteiger partial charge < -0.3 is 19.7 Å². The molecule has 5 rings (SSSR count). The number of oxazole rings is 1. The van der Waals surface area contributed by atoms with Crippen LogP contribution in [0.15, 0.2) is 57.3 Å². The highest BCUT2D eigenvalue weighted by atomic mass is 32.1. The molecule has 3 aliphatic rings. The molecule has 11 nitrogen and oxygen atoms in total. The Labute approximate surface area is 189 Å². The Balaban J connectivity index is 1.35. The zero-order valence-corrected chi connectivity index (χ0v) is 17.9. The molecule has 0 aliphatic carbocycles. The van der Waals surface area contributed by atoms with Gasteiger partial charge in [-0.2, -0.15) is 0 Å². The van der Waals surface area contributed by atoms with Crippen LogP contribution in [-0.4, -0.2) is 56.9 Å². The number of dihydropyridines is 1. The number of carboxylic acids is 1. The van der Waals surface area contributed by atoms with Crippen molar-refractivity contribution in [3.63, 3.8) is 0 Å². The number of carbonyl (C=O) groups excluding carboxylic acids is 2. The summed E-state index contributed by atoms with van der Waals surface area (Å²) in [4.78, 5) is 47.8. The number of aromatic nitrogens is 2. The number of likely N-dealkylation sites (tertiary alicyclic amines) is 1. The maximum Gasteiger partial charge on any atom is 0.341 e. The SMILES string of the molecule is Cc1cnc(NC(=O)C2CN(C3=C(F)C=C4C(=O)C(C(=O)O)=CN(c5nccs5)C4N3)C2)o1. The van der Waals surface area contributed by atoms with E-state index in [1.807, 2.05) is 0 Å². The quantitative estimate of drug-likeness (QED) is 0.546. The molecule has 1 unspecified atom stereocenters. The van der Waals surface area contributed by atoms with Crippen molar-refractivity contribution in [2.45, 2.75) is 13.1 Å². The molecule has 170 valence electrons. The summed E-state index contributed by atoms with van der Waals surface area (Å²) >= 11 is 1.24. The molecule has 2 aromatic rings. The average molecular weight is 472 g/mol. The second-order valence-electron chi connectivity index (χ2n) is 7.61. The molecule has 0 bridgehead atoms. The minimum absolute atomic E-state index is 0.0413. The number of halogens is 1. The maximum atomic E-state index is 15.0. The summed E-state index contributed by atoms with van der Waals surface area (Å²) in [7, 11) is 0. The zero-order valence-electron chi connectivity index (χ0n) is 17.1. The summed E-state index contributed by atoms with van der Waals surface area (Å²) in [5.41, 5.74) is -0.520. The number of ketones is 1. The third-order valence-corrected chi connectivity index (χ3v) is 6.21. The van der Waals surface area contributed by atoms with Crippen LogP contribution in [0.4, 0.5) is 15.5 Å². The van der Waals surface area contributed by atoms with Crippen LogP contribution in [0.3, 0.4) is 0 Å². The first-order valence-electron chi connectivity index (χ1n) is 9.85. The Bertz CT molecular complexity index is 1240. The molecule has 0 aromatic carbocycles. The number of carboxylic acid groups (broad SMARTS) is 1. The lowest BCUT2D eigenvalue weighted by atomic mass is 9.93. The van der Waals surface area contributed by atoms with Crippen LogP contribution in [0.5, 0.6) is 0 Å². The van der Waals surface area contributed by atoms with Gasteiger partial charge in [0, 0.05) is 36.4 Å². The van der Waals surface area contributed by atoms with Crippen molar-refractivity contribution in [3.05, 3.63) is 58.6 Å². The van der Waals surface area contributed by atoms with Gasteiger partial charge in [-0.3, -0.25) is 19.8 Å². The lowest BCUT2D eigenvalue weighted by Crippen LogP contribution is -2.59. The standard InChI is InChI=1S/C20H17FN6O5S/c1-9-5-23-19(32-9)25-17(29)10-6-26(7-10)16-13(21)4-11-14(28)12(18(30)31)8-27(15(11)24-16)20-22-2-3-33-20/h2-5,8,10,15,24H,6-7H2,1H3,(H,30,31)(H,23,25,29). The van der Waals surface area contributed by atoms with E-state index in [-0.39, 0.29) is 36.4 Å². The normalized spacial score (nSPS) is 20.5. The van der Waals surface area contributed by atoms with E-state index in [1.54, 1.807) is 23.4 Å². The van der Waals surface area contributed by atoms with Crippen LogP contribution in [0, 0.1) is 12.8 Å². The largest absolute Gasteiger partial charge is 0.477 e. The minimum atomic E-state index is -1.41. The van der Waals surface area contributed by atoms with Gasteiger partial charge in [-0.1, -0.05) is 0 Å². The molecule has 1 amide bonds. The Hall–Kier alpha value is -4.00. The third-order valence-electron chi connectivity index (χ3n) is 5.42. The Morgan fingerprint density at radius 2 is 2.15 bits per heavy atom. The average Bonchev–Trinajstić information content (AvgIpc) is 3.40. The molecule has 33 heavy (non-hydrogen) atoms. The number of anilines is 2. The van der Waals surface area contributed by atoms with Crippen molar-refractivity contribution in [2.24, 2.45) is 5.92 Å². The fourth-order valence-electron chi connectivity index (χ4n) is 3.75. The molecular formula is C20H17FN6O5S. The predicted molar refractivity (Wildman–Crippen MR) is 113 cm³/mol. The number of fused-ring (bicyclic) bond motifs is 1. The van der Waals surface area contributed by atoms with Crippen molar-refractivity contribution < 1.29 is 28.3 Å². The van der Waals surface area contributed by atoms with Gasteiger partial charge in [0.1, 0.15) is 23.3 Å². The van der Waals surface area contributed by atoms with Crippen LogP contribution < -0.4 is 15.5 Å². The molecular weight excluding hydrogens is 455 g/mol. The van der Waals surface area contributed by atoms with E-state index >= 15 is 0 Å². The maximum absolute atomic E-state index is 15.0. The number of Topliss-reactive ketones (excluding diaryl/α,β-unsaturated/α-hetero) is 1. The minimum Gasteiger partial charge on any atom is -0.477 e. The summed E-state index contributed by atoms with van der Waals surface area (Å²) in [6, 6.07) is 0.102. The van der Waals surface area contributed by atoms with Gasteiger partial charge in [-0.15, -0.1) is 11.3 Å². The summed E-state index contributed by atoms with van der Waals surface area (Å²) < 4.78 is 20.2. The van der Waals surface area contributed by atoms with Crippen molar-refractivity contribution in [1.82, 2.24) is 20.2 Å². The third kappa shape index (κ3) is 3.65. The number of carbonyl (C=O) groups is 3. The second kappa shape index (κ2) is 7.85. The van der Waals surface area contributed by atoms with Gasteiger partial charge in [0.15, 0.2) is 11.0 Å². The first-order valence-corrected chi connectivity index (χ1v) is 10.7. The summed E-state index contributed by atoms with van der Waals surface area (Å²) in [6.07, 6.45) is 4.43. The van der Waals surface area contributed by atoms with Crippen LogP contribution in [-0.2, 0) is 14.4 Å². The molecule has 0 spiro atoms. The fraction of sp³-hybridized carbons (Fsp3) is 0.250. The molecule has 1 saturated heterocycles. The highest BCUT2D eigenvalue weighted by Crippen LogP contribution is 2.35. The first-order chi connectivity index (χ1) is 15.8. The molecule has 2 aromatic heterocycles. The van der Waals surface area contributed by atoms with Crippen LogP contribution in [0.2, 0.25) is 0 Å². The van der Waals surface area contributed by atoms with Gasteiger partial charge in [-0.25, -0.2) is 19.2 Å². The van der Waals surface area contributed by atoms with E-state index in [0.29, 0.717) is 10.9 Å². The molecule has 3 aliphatic heterocycles. The number of allylic oxidation sites excluding steroid dienone is 2.